The lowest BCUT2D eigenvalue weighted by Crippen LogP contribution is -2.45. The number of sulfone groups is 2. The number of phenolic OH excluding ortho intramolecular Hbond substituents is 1. The number of carbonyl (C=O) groups is 1. The van der Waals surface area contributed by atoms with E-state index < -0.39 is 51.8 Å². The number of aromatic nitrogens is 3. The first-order chi connectivity index (χ1) is 15.1. The van der Waals surface area contributed by atoms with Crippen LogP contribution in [0.15, 0.2) is 46.2 Å². The Labute approximate surface area is 187 Å². The van der Waals surface area contributed by atoms with E-state index in [4.69, 9.17) is 0 Å². The minimum absolute atomic E-state index is 0.0688. The van der Waals surface area contributed by atoms with Gasteiger partial charge in [0.1, 0.15) is 27.0 Å². The van der Waals surface area contributed by atoms with Crippen LogP contribution in [0.4, 0.5) is 14.7 Å². The number of benzene rings is 2. The fourth-order valence-electron chi connectivity index (χ4n) is 2.71. The Bertz CT molecular complexity index is 1470. The van der Waals surface area contributed by atoms with Gasteiger partial charge in [-0.2, -0.15) is 4.98 Å². The summed E-state index contributed by atoms with van der Waals surface area (Å²) in [6.45, 7) is 2.05. The molecule has 1 aromatic heterocycles. The molecule has 0 atom stereocenters. The lowest BCUT2D eigenvalue weighted by molar-refractivity contribution is -0.117. The third-order valence-corrected chi connectivity index (χ3v) is 8.31. The van der Waals surface area contributed by atoms with E-state index in [1.54, 1.807) is 0 Å². The number of aromatic hydroxyl groups is 1. The molecule has 1 amide bonds. The third kappa shape index (κ3) is 4.57. The quantitative estimate of drug-likeness (QED) is 0.464. The molecule has 0 radical (unpaired) electrons. The standard InChI is InChI=1S/C19H18F2N4O6S2/c1-19(2,33(30,31)15-7-5-11(9-14(15)21)32(3,28)29)17(27)23-18-22-16(24-25-18)12-6-4-10(26)8-13(12)20/h4-9,26H,1-3H3,(H2,22,23,24,25,27). The second kappa shape index (κ2) is 8.19. The zero-order chi connectivity index (χ0) is 24.8. The summed E-state index contributed by atoms with van der Waals surface area (Å²) in [4.78, 5) is 15.3. The van der Waals surface area contributed by atoms with Crippen molar-refractivity contribution in [3.8, 4) is 17.1 Å². The molecule has 176 valence electrons. The number of carbonyl (C=O) groups excluding carboxylic acids is 1. The second-order valence-corrected chi connectivity index (χ2v) is 12.0. The molecule has 3 aromatic rings. The maximum atomic E-state index is 14.5. The van der Waals surface area contributed by atoms with Crippen LogP contribution in [0.1, 0.15) is 13.8 Å². The predicted molar refractivity (Wildman–Crippen MR) is 113 cm³/mol. The summed E-state index contributed by atoms with van der Waals surface area (Å²) < 4.78 is 75.4. The van der Waals surface area contributed by atoms with Crippen LogP contribution >= 0.6 is 0 Å². The highest BCUT2D eigenvalue weighted by Gasteiger charge is 2.44. The fraction of sp³-hybridized carbons (Fsp3) is 0.211. The van der Waals surface area contributed by atoms with E-state index in [2.05, 4.69) is 20.5 Å². The molecule has 14 heteroatoms. The second-order valence-electron chi connectivity index (χ2n) is 7.50. The monoisotopic (exact) mass is 500 g/mol. The highest BCUT2D eigenvalue weighted by atomic mass is 32.2. The van der Waals surface area contributed by atoms with Crippen molar-refractivity contribution in [2.75, 3.05) is 11.6 Å². The molecule has 3 N–H and O–H groups in total. The van der Waals surface area contributed by atoms with Crippen molar-refractivity contribution in [1.82, 2.24) is 15.2 Å². The van der Waals surface area contributed by atoms with Gasteiger partial charge >= 0.3 is 0 Å². The summed E-state index contributed by atoms with van der Waals surface area (Å²) >= 11 is 0. The molecular weight excluding hydrogens is 482 g/mol. The predicted octanol–water partition coefficient (Wildman–Crippen LogP) is 2.05. The molecule has 0 aliphatic rings. The Balaban J connectivity index is 1.89. The lowest BCUT2D eigenvalue weighted by Gasteiger charge is -2.23. The van der Waals surface area contributed by atoms with Gasteiger partial charge in [0.25, 0.3) is 0 Å². The van der Waals surface area contributed by atoms with Crippen LogP contribution in [-0.2, 0) is 24.5 Å². The Hall–Kier alpha value is -3.39. The molecule has 0 fully saturated rings. The van der Waals surface area contributed by atoms with E-state index in [1.807, 2.05) is 0 Å². The maximum Gasteiger partial charge on any atom is 0.249 e. The maximum absolute atomic E-state index is 14.5. The number of anilines is 1. The van der Waals surface area contributed by atoms with Gasteiger partial charge in [-0.25, -0.2) is 25.6 Å². The van der Waals surface area contributed by atoms with Crippen molar-refractivity contribution in [2.45, 2.75) is 28.4 Å². The van der Waals surface area contributed by atoms with E-state index in [1.165, 1.54) is 12.1 Å². The molecule has 3 rings (SSSR count). The number of nitrogens with one attached hydrogen (secondary N) is 2. The van der Waals surface area contributed by atoms with Crippen LogP contribution in [0.3, 0.4) is 0 Å². The highest BCUT2D eigenvalue weighted by molar-refractivity contribution is 7.93. The van der Waals surface area contributed by atoms with Crippen molar-refractivity contribution in [2.24, 2.45) is 0 Å². The fourth-order valence-corrected chi connectivity index (χ4v) is 4.75. The number of phenols is 1. The molecule has 2 aromatic carbocycles. The van der Waals surface area contributed by atoms with Crippen LogP contribution in [0.5, 0.6) is 5.75 Å². The Kier molecular flexibility index (Phi) is 6.02. The van der Waals surface area contributed by atoms with Gasteiger partial charge in [0.15, 0.2) is 25.5 Å². The number of halogens is 2. The number of nitrogens with zero attached hydrogens (tertiary/aromatic N) is 2. The normalized spacial score (nSPS) is 12.5. The van der Waals surface area contributed by atoms with Gasteiger partial charge in [0.2, 0.25) is 11.9 Å². The largest absolute Gasteiger partial charge is 0.508 e. The molecule has 0 unspecified atom stereocenters. The van der Waals surface area contributed by atoms with Gasteiger partial charge in [-0.1, -0.05) is 0 Å². The average molecular weight is 501 g/mol. The molecule has 0 aliphatic heterocycles. The summed E-state index contributed by atoms with van der Waals surface area (Å²) in [6.07, 6.45) is 0.836. The first-order valence-electron chi connectivity index (χ1n) is 9.11. The highest BCUT2D eigenvalue weighted by Crippen LogP contribution is 2.30. The molecule has 0 saturated heterocycles. The molecular formula is C19H18F2N4O6S2. The zero-order valence-electron chi connectivity index (χ0n) is 17.4. The average Bonchev–Trinajstić information content (AvgIpc) is 3.14. The molecule has 0 bridgehead atoms. The smallest absolute Gasteiger partial charge is 0.249 e. The minimum atomic E-state index is -4.64. The Morgan fingerprint density at radius 1 is 1.06 bits per heavy atom. The lowest BCUT2D eigenvalue weighted by atomic mass is 10.2. The number of amides is 1. The molecule has 1 heterocycles. The summed E-state index contributed by atoms with van der Waals surface area (Å²) in [5.41, 5.74) is -0.0688. The summed E-state index contributed by atoms with van der Waals surface area (Å²) in [5.74, 6) is -4.06. The van der Waals surface area contributed by atoms with Gasteiger partial charge in [-0.15, -0.1) is 5.10 Å². The molecule has 0 saturated carbocycles. The SMILES string of the molecule is CC(C)(C(=O)Nc1n[nH]c(-c2ccc(O)cc2F)n1)S(=O)(=O)c1ccc(S(C)(=O)=O)cc1F. The van der Waals surface area contributed by atoms with Crippen molar-refractivity contribution in [1.29, 1.82) is 0 Å². The number of hydrogen-bond acceptors (Lipinski definition) is 8. The van der Waals surface area contributed by atoms with Crippen molar-refractivity contribution >= 4 is 31.5 Å². The third-order valence-electron chi connectivity index (χ3n) is 4.76. The summed E-state index contributed by atoms with van der Waals surface area (Å²) in [5, 5.41) is 17.5. The number of H-pyrrole nitrogens is 1. The van der Waals surface area contributed by atoms with E-state index in [9.17, 15) is 35.5 Å². The van der Waals surface area contributed by atoms with Gasteiger partial charge in [-0.05, 0) is 44.2 Å². The Morgan fingerprint density at radius 3 is 2.30 bits per heavy atom. The molecule has 0 aliphatic carbocycles. The van der Waals surface area contributed by atoms with Crippen LogP contribution < -0.4 is 5.32 Å². The molecule has 0 spiro atoms. The van der Waals surface area contributed by atoms with E-state index in [0.717, 1.165) is 38.3 Å². The van der Waals surface area contributed by atoms with Gasteiger partial charge in [0, 0.05) is 12.3 Å². The Morgan fingerprint density at radius 2 is 1.73 bits per heavy atom. The van der Waals surface area contributed by atoms with Crippen molar-refractivity contribution in [3.05, 3.63) is 48.0 Å². The van der Waals surface area contributed by atoms with E-state index in [-0.39, 0.29) is 23.1 Å². The first-order valence-corrected chi connectivity index (χ1v) is 12.5. The van der Waals surface area contributed by atoms with Crippen LogP contribution in [0.2, 0.25) is 0 Å². The minimum Gasteiger partial charge on any atom is -0.508 e. The topological polar surface area (TPSA) is 159 Å². The number of aromatic amines is 1. The van der Waals surface area contributed by atoms with E-state index in [0.29, 0.717) is 6.07 Å². The van der Waals surface area contributed by atoms with Crippen molar-refractivity contribution < 1.29 is 35.5 Å². The van der Waals surface area contributed by atoms with Crippen LogP contribution in [0.25, 0.3) is 11.4 Å². The van der Waals surface area contributed by atoms with E-state index >= 15 is 0 Å². The van der Waals surface area contributed by atoms with Gasteiger partial charge < -0.3 is 5.11 Å². The van der Waals surface area contributed by atoms with Gasteiger partial charge in [0.05, 0.1) is 10.5 Å². The summed E-state index contributed by atoms with van der Waals surface area (Å²) in [7, 11) is -8.42. The zero-order valence-corrected chi connectivity index (χ0v) is 19.1. The summed E-state index contributed by atoms with van der Waals surface area (Å²) in [6, 6.07) is 5.52. The van der Waals surface area contributed by atoms with Crippen molar-refractivity contribution in [3.63, 3.8) is 0 Å². The molecule has 33 heavy (non-hydrogen) atoms. The van der Waals surface area contributed by atoms with Crippen LogP contribution in [0, 0.1) is 11.6 Å². The van der Waals surface area contributed by atoms with Gasteiger partial charge in [-0.3, -0.25) is 15.2 Å². The number of hydrogen-bond donors (Lipinski definition) is 3. The molecule has 10 nitrogen and oxygen atoms in total. The first kappa shape index (κ1) is 24.3. The van der Waals surface area contributed by atoms with Crippen LogP contribution in [-0.4, -0.2) is 54.0 Å². The number of rotatable bonds is 6.